The normalized spacial score (nSPS) is 11.1. The van der Waals surface area contributed by atoms with Crippen LogP contribution in [0.25, 0.3) is 0 Å². The molecule has 0 aliphatic carbocycles. The third-order valence-electron chi connectivity index (χ3n) is 8.45. The topological polar surface area (TPSA) is 52.0 Å². The minimum Gasteiger partial charge on any atom is -0.399 e. The van der Waals surface area contributed by atoms with Gasteiger partial charge in [-0.25, -0.2) is 0 Å². The second kappa shape index (κ2) is 15.3. The Balaban J connectivity index is 1.22. The Morgan fingerprint density at radius 3 is 1.21 bits per heavy atom. The van der Waals surface area contributed by atoms with Crippen LogP contribution in [-0.4, -0.2) is 0 Å². The van der Waals surface area contributed by atoms with Gasteiger partial charge in [0.2, 0.25) is 0 Å². The fourth-order valence-corrected chi connectivity index (χ4v) is 5.86. The largest absolute Gasteiger partial charge is 0.399 e. The fourth-order valence-electron chi connectivity index (χ4n) is 5.86. The van der Waals surface area contributed by atoms with Gasteiger partial charge in [0, 0.05) is 11.4 Å². The standard InChI is InChI=1S/C41H46N2/c1-2-3-4-5-6-7-38-30-37(28-35-19-24-41(43)25-20-35)16-21-39(38)29-36-14-12-33(13-15-36)26-31-8-10-32(11-9-31)27-34-17-22-40(42)23-18-34/h8-25,30H,2-7,26-29,42-43H2,1H3. The number of benzene rings is 5. The minimum atomic E-state index is 0.812. The van der Waals surface area contributed by atoms with Gasteiger partial charge >= 0.3 is 0 Å². The molecule has 0 bridgehead atoms. The van der Waals surface area contributed by atoms with Crippen LogP contribution in [0.2, 0.25) is 0 Å². The summed E-state index contributed by atoms with van der Waals surface area (Å²) in [4.78, 5) is 0. The third-order valence-corrected chi connectivity index (χ3v) is 8.45. The van der Waals surface area contributed by atoms with Crippen molar-refractivity contribution in [2.75, 3.05) is 11.5 Å². The van der Waals surface area contributed by atoms with Gasteiger partial charge in [-0.2, -0.15) is 0 Å². The average Bonchev–Trinajstić information content (AvgIpc) is 3.02. The second-order valence-electron chi connectivity index (χ2n) is 12.1. The summed E-state index contributed by atoms with van der Waals surface area (Å²) in [6.45, 7) is 2.28. The van der Waals surface area contributed by atoms with Gasteiger partial charge in [0.25, 0.3) is 0 Å². The van der Waals surface area contributed by atoms with Crippen LogP contribution in [0.1, 0.15) is 89.1 Å². The predicted octanol–water partition coefficient (Wildman–Crippen LogP) is 9.73. The first-order valence-corrected chi connectivity index (χ1v) is 16.0. The van der Waals surface area contributed by atoms with Gasteiger partial charge in [-0.15, -0.1) is 0 Å². The van der Waals surface area contributed by atoms with E-state index in [9.17, 15) is 0 Å². The Morgan fingerprint density at radius 1 is 0.372 bits per heavy atom. The Bertz CT molecular complexity index is 1550. The van der Waals surface area contributed by atoms with Gasteiger partial charge in [0.15, 0.2) is 0 Å². The van der Waals surface area contributed by atoms with Crippen LogP contribution in [0, 0.1) is 0 Å². The monoisotopic (exact) mass is 566 g/mol. The van der Waals surface area contributed by atoms with Crippen molar-refractivity contribution in [2.24, 2.45) is 0 Å². The zero-order chi connectivity index (χ0) is 29.9. The van der Waals surface area contributed by atoms with E-state index in [1.165, 1.54) is 82.2 Å². The highest BCUT2D eigenvalue weighted by Gasteiger charge is 2.08. The van der Waals surface area contributed by atoms with E-state index < -0.39 is 0 Å². The van der Waals surface area contributed by atoms with E-state index in [4.69, 9.17) is 11.5 Å². The zero-order valence-electron chi connectivity index (χ0n) is 25.7. The van der Waals surface area contributed by atoms with Gasteiger partial charge in [0.1, 0.15) is 0 Å². The van der Waals surface area contributed by atoms with Crippen LogP contribution in [0.3, 0.4) is 0 Å². The fraction of sp³-hybridized carbons (Fsp3) is 0.268. The summed E-state index contributed by atoms with van der Waals surface area (Å²) in [5.41, 5.74) is 25.7. The first-order valence-electron chi connectivity index (χ1n) is 16.0. The van der Waals surface area contributed by atoms with Crippen molar-refractivity contribution in [3.63, 3.8) is 0 Å². The van der Waals surface area contributed by atoms with E-state index in [-0.39, 0.29) is 0 Å². The quantitative estimate of drug-likeness (QED) is 0.104. The maximum absolute atomic E-state index is 5.90. The van der Waals surface area contributed by atoms with E-state index in [1.54, 1.807) is 0 Å². The smallest absolute Gasteiger partial charge is 0.0314 e. The molecule has 0 aromatic heterocycles. The Labute approximate surface area is 258 Å². The molecular weight excluding hydrogens is 520 g/mol. The van der Waals surface area contributed by atoms with E-state index in [2.05, 4.69) is 97.9 Å². The van der Waals surface area contributed by atoms with E-state index >= 15 is 0 Å². The van der Waals surface area contributed by atoms with Crippen molar-refractivity contribution in [3.8, 4) is 0 Å². The lowest BCUT2D eigenvalue weighted by Crippen LogP contribution is -2.00. The molecule has 0 atom stereocenters. The number of anilines is 2. The molecule has 2 nitrogen and oxygen atoms in total. The first-order chi connectivity index (χ1) is 21.0. The number of aryl methyl sites for hydroxylation is 1. The number of hydrogen-bond acceptors (Lipinski definition) is 2. The summed E-state index contributed by atoms with van der Waals surface area (Å²) in [6, 6.07) is 41.9. The summed E-state index contributed by atoms with van der Waals surface area (Å²) in [7, 11) is 0. The number of rotatable bonds is 14. The summed E-state index contributed by atoms with van der Waals surface area (Å²) in [5.74, 6) is 0. The van der Waals surface area contributed by atoms with Gasteiger partial charge in [-0.05, 0) is 113 Å². The number of nitrogen functional groups attached to an aromatic ring is 2. The molecule has 5 aromatic rings. The Hall–Kier alpha value is -4.30. The molecule has 0 saturated carbocycles. The molecule has 5 aromatic carbocycles. The molecule has 0 saturated heterocycles. The Kier molecular flexibility index (Phi) is 10.7. The molecule has 0 fully saturated rings. The van der Waals surface area contributed by atoms with Crippen molar-refractivity contribution in [2.45, 2.75) is 71.1 Å². The van der Waals surface area contributed by atoms with Crippen LogP contribution in [0.4, 0.5) is 11.4 Å². The van der Waals surface area contributed by atoms with Crippen LogP contribution in [0.15, 0.2) is 115 Å². The second-order valence-corrected chi connectivity index (χ2v) is 12.1. The zero-order valence-corrected chi connectivity index (χ0v) is 25.7. The molecule has 0 aliphatic heterocycles. The van der Waals surface area contributed by atoms with Crippen LogP contribution in [0.5, 0.6) is 0 Å². The van der Waals surface area contributed by atoms with Crippen molar-refractivity contribution in [1.29, 1.82) is 0 Å². The SMILES string of the molecule is CCCCCCCc1cc(Cc2ccc(N)cc2)ccc1Cc1ccc(Cc2ccc(Cc3ccc(N)cc3)cc2)cc1. The molecule has 0 aliphatic rings. The molecule has 5 rings (SSSR count). The van der Waals surface area contributed by atoms with Gasteiger partial charge in [0.05, 0.1) is 0 Å². The Morgan fingerprint density at radius 2 is 0.744 bits per heavy atom. The lowest BCUT2D eigenvalue weighted by molar-refractivity contribution is 0.631. The summed E-state index contributed by atoms with van der Waals surface area (Å²) in [6.07, 6.45) is 11.5. The predicted molar refractivity (Wildman–Crippen MR) is 185 cm³/mol. The molecule has 0 spiro atoms. The highest BCUT2D eigenvalue weighted by Crippen LogP contribution is 2.23. The highest BCUT2D eigenvalue weighted by atomic mass is 14.5. The summed E-state index contributed by atoms with van der Waals surface area (Å²) in [5, 5.41) is 0. The average molecular weight is 567 g/mol. The summed E-state index contributed by atoms with van der Waals surface area (Å²) >= 11 is 0. The van der Waals surface area contributed by atoms with Crippen LogP contribution >= 0.6 is 0 Å². The van der Waals surface area contributed by atoms with Crippen molar-refractivity contribution in [3.05, 3.63) is 165 Å². The lowest BCUT2D eigenvalue weighted by Gasteiger charge is -2.13. The molecule has 0 heterocycles. The number of hydrogen-bond donors (Lipinski definition) is 2. The maximum atomic E-state index is 5.90. The van der Waals surface area contributed by atoms with E-state index in [0.29, 0.717) is 0 Å². The molecule has 0 radical (unpaired) electrons. The van der Waals surface area contributed by atoms with E-state index in [0.717, 1.165) is 43.5 Å². The van der Waals surface area contributed by atoms with Crippen molar-refractivity contribution in [1.82, 2.24) is 0 Å². The van der Waals surface area contributed by atoms with Gasteiger partial charge in [-0.1, -0.05) is 124 Å². The molecule has 4 N–H and O–H groups in total. The number of unbranched alkanes of at least 4 members (excludes halogenated alkanes) is 4. The minimum absolute atomic E-state index is 0.812. The maximum Gasteiger partial charge on any atom is 0.0314 e. The van der Waals surface area contributed by atoms with Gasteiger partial charge < -0.3 is 11.5 Å². The first kappa shape index (κ1) is 30.2. The third kappa shape index (κ3) is 9.35. The highest BCUT2D eigenvalue weighted by molar-refractivity contribution is 5.43. The number of nitrogens with two attached hydrogens (primary N) is 2. The molecule has 220 valence electrons. The van der Waals surface area contributed by atoms with Crippen molar-refractivity contribution >= 4 is 11.4 Å². The molecule has 43 heavy (non-hydrogen) atoms. The van der Waals surface area contributed by atoms with Crippen LogP contribution in [-0.2, 0) is 32.1 Å². The molecule has 0 unspecified atom stereocenters. The molecule has 0 amide bonds. The van der Waals surface area contributed by atoms with E-state index in [1.807, 2.05) is 24.3 Å². The summed E-state index contributed by atoms with van der Waals surface area (Å²) < 4.78 is 0. The molecular formula is C41H46N2. The van der Waals surface area contributed by atoms with Crippen molar-refractivity contribution < 1.29 is 0 Å². The lowest BCUT2D eigenvalue weighted by atomic mass is 9.92. The molecule has 2 heteroatoms. The van der Waals surface area contributed by atoms with Crippen LogP contribution < -0.4 is 11.5 Å². The van der Waals surface area contributed by atoms with Gasteiger partial charge in [-0.3, -0.25) is 0 Å².